The molecule has 2 aliphatic rings. The molecule has 8 rings (SSSR count). The molecule has 2 aliphatic heterocycles. The van der Waals surface area contributed by atoms with Crippen molar-refractivity contribution in [2.24, 2.45) is 5.73 Å². The van der Waals surface area contributed by atoms with Gasteiger partial charge in [0.1, 0.15) is 30.0 Å². The third-order valence-electron chi connectivity index (χ3n) is 12.6. The number of aldehydes is 1. The van der Waals surface area contributed by atoms with Crippen molar-refractivity contribution >= 4 is 38.5 Å². The summed E-state index contributed by atoms with van der Waals surface area (Å²) in [6.45, 7) is 6.28. The Balaban J connectivity index is 0.000000618. The van der Waals surface area contributed by atoms with Crippen molar-refractivity contribution in [3.8, 4) is 0 Å². The number of nitrogens with two attached hydrogens (primary N) is 1. The van der Waals surface area contributed by atoms with Crippen LogP contribution < -0.4 is 40.6 Å². The maximum atomic E-state index is 13.9. The smallest absolute Gasteiger partial charge is 0.512 e. The fourth-order valence-electron chi connectivity index (χ4n) is 9.05. The Morgan fingerprint density at radius 3 is 1.33 bits per heavy atom. The van der Waals surface area contributed by atoms with Gasteiger partial charge in [-0.05, 0) is 96.3 Å². The molecule has 6 aromatic rings. The van der Waals surface area contributed by atoms with Crippen molar-refractivity contribution in [3.05, 3.63) is 221 Å². The number of amides is 2. The van der Waals surface area contributed by atoms with E-state index in [1.807, 2.05) is 121 Å². The minimum absolute atomic E-state index is 0. The zero-order chi connectivity index (χ0) is 54.5. The predicted octanol–water partition coefficient (Wildman–Crippen LogP) is 5.16. The number of hydrogen-bond donors (Lipinski definition) is 3. The van der Waals surface area contributed by atoms with Crippen LogP contribution in [-0.2, 0) is 46.3 Å². The Morgan fingerprint density at radius 2 is 0.974 bits per heavy atom. The van der Waals surface area contributed by atoms with Crippen LogP contribution in [0, 0.1) is 23.5 Å². The molecule has 4 atom stereocenters. The Bertz CT molecular complexity index is 2590. The van der Waals surface area contributed by atoms with Crippen molar-refractivity contribution in [1.82, 2.24) is 15.1 Å². The number of halogens is 2. The number of hydrogen-bond acceptors (Lipinski definition) is 11. The fourth-order valence-corrected chi connectivity index (χ4v) is 9.05. The molecule has 3 radical (unpaired) electrons. The maximum Gasteiger partial charge on any atom is 1.00 e. The van der Waals surface area contributed by atoms with Gasteiger partial charge < -0.3 is 52.1 Å². The number of carbonyl (C=O) groups excluding carboxylic acids is 5. The molecule has 0 bridgehead atoms. The molecular formula is C61H70BF2N5NaO8. The molecular weight excluding hydrogens is 1000 g/mol. The van der Waals surface area contributed by atoms with Crippen LogP contribution in [0.3, 0.4) is 0 Å². The van der Waals surface area contributed by atoms with Gasteiger partial charge in [-0.2, -0.15) is 0 Å². The van der Waals surface area contributed by atoms with Gasteiger partial charge in [0.2, 0.25) is 11.8 Å². The van der Waals surface area contributed by atoms with Gasteiger partial charge in [0.05, 0.1) is 26.1 Å². The predicted molar refractivity (Wildman–Crippen MR) is 295 cm³/mol. The molecule has 0 saturated carbocycles. The van der Waals surface area contributed by atoms with Crippen LogP contribution in [-0.4, -0.2) is 118 Å². The summed E-state index contributed by atoms with van der Waals surface area (Å²) in [5.74, 6) is -2.48. The summed E-state index contributed by atoms with van der Waals surface area (Å²) in [4.78, 5) is 65.3. The number of methoxy groups -OCH3 is 2. The van der Waals surface area contributed by atoms with E-state index in [9.17, 15) is 32.8 Å². The molecule has 0 unspecified atom stereocenters. The van der Waals surface area contributed by atoms with Crippen LogP contribution in [0.4, 0.5) is 8.78 Å². The maximum absolute atomic E-state index is 13.9. The van der Waals surface area contributed by atoms with Crippen molar-refractivity contribution in [1.29, 1.82) is 5.26 Å². The topological polar surface area (TPSA) is 192 Å². The largest absolute Gasteiger partial charge is 1.00 e. The molecule has 2 saturated heterocycles. The summed E-state index contributed by atoms with van der Waals surface area (Å²) in [5, 5.41) is 16.7. The molecule has 2 amide bonds. The quantitative estimate of drug-likeness (QED) is 0.0382. The average molecular weight is 1070 g/mol. The standard InChI is InChI=1S/C29H31FN2O3.C20H22N2O3.C9H9FO.CN.CH4O.CH4.B.Na/c1-35-29(34)26-19-25(31-18-8-9-21-14-16-24(30)17-15-21)20-32(26)28(33)27(22-10-4-2-5-11-22)23-12-6-3-7-13-23;1-25-20(24)17-12-16(21)13-22(17)19(23)18(14-8-4-2-5-9-14)15-10-6-3-7-11-15;10-9-5-3-8(4-6-9)2-1-7-11;2*1-2;;;/h2-7,10-17,25-27,31H,8-9,18-20H2,1H3;2-11,16-18H,12-13,21H2,1H3;3-7H,1-2H2;;2H,1H3;1H4;;/q;;;-1;;;;+1/t25-,26-;16-,17-;;;;;;/m00....../s1. The number of aliphatic hydroxyl groups excluding tert-OH is 1. The number of aliphatic hydroxyl groups is 1. The van der Waals surface area contributed by atoms with Gasteiger partial charge in [0.15, 0.2) is 0 Å². The molecule has 2 heterocycles. The third kappa shape index (κ3) is 20.8. The van der Waals surface area contributed by atoms with Crippen LogP contribution >= 0.6 is 0 Å². The number of rotatable bonds is 16. The van der Waals surface area contributed by atoms with E-state index in [4.69, 9.17) is 32.1 Å². The number of likely N-dealkylation sites (tertiary alicyclic amines) is 2. The molecule has 405 valence electrons. The Morgan fingerprint density at radius 1 is 0.628 bits per heavy atom. The Kier molecular flexibility index (Phi) is 33.6. The van der Waals surface area contributed by atoms with Gasteiger partial charge in [0, 0.05) is 47.1 Å². The molecule has 13 nitrogen and oxygen atoms in total. The number of esters is 2. The fraction of sp³-hybridized carbons (Fsp3) is 0.311. The zero-order valence-electron chi connectivity index (χ0n) is 44.1. The molecule has 0 aromatic heterocycles. The Hall–Kier alpha value is -6.84. The monoisotopic (exact) mass is 1070 g/mol. The summed E-state index contributed by atoms with van der Waals surface area (Å²) in [5.41, 5.74) is 11.7. The van der Waals surface area contributed by atoms with Gasteiger partial charge >= 0.3 is 41.5 Å². The number of carbonyl (C=O) groups is 5. The summed E-state index contributed by atoms with van der Waals surface area (Å²) in [7, 11) is 3.70. The van der Waals surface area contributed by atoms with E-state index in [-0.39, 0.29) is 80.9 Å². The molecule has 78 heavy (non-hydrogen) atoms. The molecule has 4 N–H and O–H groups in total. The van der Waals surface area contributed by atoms with E-state index in [2.05, 4.69) is 5.32 Å². The SMILES string of the molecule is C.CO.COC(=O)[C@@H]1C[C@H](N)CN1C(=O)C(c1ccccc1)c1ccccc1.COC(=O)[C@@H]1C[C@H](NCCCc2ccc(F)cc2)CN1C(=O)C(c1ccccc1)c1ccccc1.O=CCCc1ccc(F)cc1.[B].[C-]#N.[Na+]. The van der Waals surface area contributed by atoms with Gasteiger partial charge in [-0.3, -0.25) is 9.59 Å². The van der Waals surface area contributed by atoms with Crippen LogP contribution in [0.2, 0.25) is 0 Å². The molecule has 17 heteroatoms. The van der Waals surface area contributed by atoms with E-state index < -0.39 is 35.9 Å². The Labute approximate surface area is 483 Å². The van der Waals surface area contributed by atoms with Gasteiger partial charge in [-0.1, -0.05) is 153 Å². The number of nitrogens with one attached hydrogen (secondary N) is 1. The summed E-state index contributed by atoms with van der Waals surface area (Å²) in [6, 6.07) is 49.8. The van der Waals surface area contributed by atoms with Crippen molar-refractivity contribution in [3.63, 3.8) is 0 Å². The van der Waals surface area contributed by atoms with E-state index >= 15 is 0 Å². The second kappa shape index (κ2) is 37.9. The second-order valence-electron chi connectivity index (χ2n) is 17.5. The minimum atomic E-state index is -0.628. The van der Waals surface area contributed by atoms with Gasteiger partial charge in [0.25, 0.3) is 0 Å². The summed E-state index contributed by atoms with van der Waals surface area (Å²) < 4.78 is 35.4. The summed E-state index contributed by atoms with van der Waals surface area (Å²) >= 11 is 0. The van der Waals surface area contributed by atoms with E-state index in [1.54, 1.807) is 34.1 Å². The zero-order valence-corrected chi connectivity index (χ0v) is 46.1. The van der Waals surface area contributed by atoms with Gasteiger partial charge in [-0.25, -0.2) is 18.4 Å². The van der Waals surface area contributed by atoms with Gasteiger partial charge in [-0.15, -0.1) is 0 Å². The van der Waals surface area contributed by atoms with Crippen LogP contribution in [0.1, 0.15) is 78.3 Å². The first-order valence-electron chi connectivity index (χ1n) is 24.6. The number of aryl methyl sites for hydroxylation is 2. The molecule has 0 aliphatic carbocycles. The second-order valence-corrected chi connectivity index (χ2v) is 17.5. The van der Waals surface area contributed by atoms with Crippen molar-refractivity contribution in [2.45, 2.75) is 82.0 Å². The van der Waals surface area contributed by atoms with Crippen molar-refractivity contribution in [2.75, 3.05) is 41.0 Å². The first-order valence-corrected chi connectivity index (χ1v) is 24.6. The number of benzene rings is 6. The first kappa shape index (κ1) is 69.2. The third-order valence-corrected chi connectivity index (χ3v) is 12.6. The minimum Gasteiger partial charge on any atom is -0.512 e. The normalized spacial score (nSPS) is 15.7. The first-order chi connectivity index (χ1) is 36.5. The average Bonchev–Trinajstić information content (AvgIpc) is 4.09. The number of ether oxygens (including phenoxy) is 2. The van der Waals surface area contributed by atoms with Crippen LogP contribution in [0.15, 0.2) is 170 Å². The molecule has 2 fully saturated rings. The van der Waals surface area contributed by atoms with E-state index in [0.717, 1.165) is 66.2 Å². The van der Waals surface area contributed by atoms with E-state index in [1.165, 1.54) is 38.5 Å². The van der Waals surface area contributed by atoms with E-state index in [0.29, 0.717) is 38.8 Å². The molecule has 6 aromatic carbocycles. The van der Waals surface area contributed by atoms with Crippen LogP contribution in [0.25, 0.3) is 0 Å². The van der Waals surface area contributed by atoms with Crippen LogP contribution in [0.5, 0.6) is 0 Å². The van der Waals surface area contributed by atoms with Crippen molar-refractivity contribution < 1.29 is 76.9 Å². The summed E-state index contributed by atoms with van der Waals surface area (Å²) in [6.07, 6.45) is 4.70. The molecule has 0 spiro atoms. The number of nitrogens with zero attached hydrogens (tertiary/aromatic N) is 3.